The van der Waals surface area contributed by atoms with Crippen molar-refractivity contribution < 1.29 is 0 Å². The molecule has 0 aliphatic rings. The average molecular weight is 575 g/mol. The van der Waals surface area contributed by atoms with Crippen molar-refractivity contribution in [2.45, 2.75) is 0 Å². The van der Waals surface area contributed by atoms with Crippen molar-refractivity contribution in [1.29, 1.82) is 0 Å². The topological polar surface area (TPSA) is 43.6 Å². The molecule has 45 heavy (non-hydrogen) atoms. The van der Waals surface area contributed by atoms with Gasteiger partial charge in [0.15, 0.2) is 11.6 Å². The molecule has 4 nitrogen and oxygen atoms in total. The van der Waals surface area contributed by atoms with Crippen LogP contribution in [0.15, 0.2) is 158 Å². The Hall–Kier alpha value is -6.13. The molecule has 0 atom stereocenters. The van der Waals surface area contributed by atoms with Gasteiger partial charge in [-0.2, -0.15) is 9.97 Å². The number of nitrogens with zero attached hydrogens (tertiary/aromatic N) is 4. The summed E-state index contributed by atoms with van der Waals surface area (Å²) in [6.07, 6.45) is 0. The number of fused-ring (bicyclic) bond motifs is 6. The van der Waals surface area contributed by atoms with E-state index in [0.29, 0.717) is 17.6 Å². The van der Waals surface area contributed by atoms with Gasteiger partial charge < -0.3 is 0 Å². The van der Waals surface area contributed by atoms with Crippen LogP contribution in [0.2, 0.25) is 0 Å². The van der Waals surface area contributed by atoms with Crippen molar-refractivity contribution in [3.8, 4) is 39.9 Å². The summed E-state index contributed by atoms with van der Waals surface area (Å²) in [7, 11) is 0. The molecule has 0 saturated heterocycles. The van der Waals surface area contributed by atoms with Crippen molar-refractivity contribution >= 4 is 43.4 Å². The van der Waals surface area contributed by atoms with Crippen molar-refractivity contribution in [1.82, 2.24) is 19.5 Å². The van der Waals surface area contributed by atoms with Crippen molar-refractivity contribution in [3.63, 3.8) is 0 Å². The van der Waals surface area contributed by atoms with Gasteiger partial charge in [-0.1, -0.05) is 133 Å². The number of hydrogen-bond acceptors (Lipinski definition) is 3. The summed E-state index contributed by atoms with van der Waals surface area (Å²) in [5, 5.41) is 7.23. The van der Waals surface area contributed by atoms with Crippen molar-refractivity contribution in [2.75, 3.05) is 0 Å². The molecule has 210 valence electrons. The lowest BCUT2D eigenvalue weighted by molar-refractivity contribution is 0.953. The van der Waals surface area contributed by atoms with Gasteiger partial charge in [0, 0.05) is 21.9 Å². The van der Waals surface area contributed by atoms with Gasteiger partial charge >= 0.3 is 0 Å². The fraction of sp³-hybridized carbons (Fsp3) is 0. The normalized spacial score (nSPS) is 11.6. The Morgan fingerprint density at radius 2 is 0.933 bits per heavy atom. The predicted molar refractivity (Wildman–Crippen MR) is 185 cm³/mol. The maximum atomic E-state index is 5.09. The van der Waals surface area contributed by atoms with Crippen LogP contribution in [0.5, 0.6) is 0 Å². The summed E-state index contributed by atoms with van der Waals surface area (Å²) in [5.74, 6) is 1.88. The highest BCUT2D eigenvalue weighted by molar-refractivity contribution is 6.21. The largest absolute Gasteiger partial charge is 0.278 e. The van der Waals surface area contributed by atoms with Crippen LogP contribution in [0.25, 0.3) is 83.2 Å². The van der Waals surface area contributed by atoms with Crippen molar-refractivity contribution in [2.24, 2.45) is 0 Å². The molecule has 0 N–H and O–H groups in total. The Bertz CT molecular complexity index is 2470. The highest BCUT2D eigenvalue weighted by Crippen LogP contribution is 2.38. The smallest absolute Gasteiger partial charge is 0.238 e. The molecular weight excluding hydrogens is 548 g/mol. The molecule has 2 aromatic heterocycles. The molecular formula is C41H26N4. The molecule has 7 aromatic carbocycles. The summed E-state index contributed by atoms with van der Waals surface area (Å²) in [6, 6.07) is 55.2. The quantitative estimate of drug-likeness (QED) is 0.210. The average Bonchev–Trinajstić information content (AvgIpc) is 3.47. The molecule has 0 aliphatic heterocycles. The number of rotatable bonds is 4. The fourth-order valence-corrected chi connectivity index (χ4v) is 6.45. The predicted octanol–water partition coefficient (Wildman–Crippen LogP) is 10.3. The third kappa shape index (κ3) is 4.27. The number of benzene rings is 7. The van der Waals surface area contributed by atoms with Gasteiger partial charge in [-0.3, -0.25) is 4.57 Å². The van der Waals surface area contributed by atoms with Gasteiger partial charge in [0.1, 0.15) is 0 Å². The Morgan fingerprint density at radius 3 is 1.67 bits per heavy atom. The van der Waals surface area contributed by atoms with E-state index in [1.54, 1.807) is 0 Å². The maximum Gasteiger partial charge on any atom is 0.238 e. The van der Waals surface area contributed by atoms with E-state index >= 15 is 0 Å². The Balaban J connectivity index is 1.32. The van der Waals surface area contributed by atoms with Crippen LogP contribution < -0.4 is 0 Å². The molecule has 4 heteroatoms. The van der Waals surface area contributed by atoms with E-state index in [0.717, 1.165) is 27.5 Å². The second-order valence-electron chi connectivity index (χ2n) is 11.3. The lowest BCUT2D eigenvalue weighted by atomic mass is 9.96. The molecule has 0 bridgehead atoms. The second kappa shape index (κ2) is 10.2. The first-order valence-electron chi connectivity index (χ1n) is 15.1. The zero-order chi connectivity index (χ0) is 29.7. The van der Waals surface area contributed by atoms with Crippen molar-refractivity contribution in [3.05, 3.63) is 158 Å². The first-order valence-corrected chi connectivity index (χ1v) is 15.1. The zero-order valence-corrected chi connectivity index (χ0v) is 24.3. The van der Waals surface area contributed by atoms with E-state index in [2.05, 4.69) is 102 Å². The summed E-state index contributed by atoms with van der Waals surface area (Å²) >= 11 is 0. The maximum absolute atomic E-state index is 5.09. The van der Waals surface area contributed by atoms with Crippen LogP contribution >= 0.6 is 0 Å². The monoisotopic (exact) mass is 574 g/mol. The first-order chi connectivity index (χ1) is 22.3. The molecule has 0 radical (unpaired) electrons. The first kappa shape index (κ1) is 25.4. The molecule has 0 saturated carbocycles. The van der Waals surface area contributed by atoms with E-state index in [1.807, 2.05) is 60.7 Å². The van der Waals surface area contributed by atoms with E-state index in [4.69, 9.17) is 15.0 Å². The van der Waals surface area contributed by atoms with Crippen LogP contribution in [0.1, 0.15) is 0 Å². The Kier molecular flexibility index (Phi) is 5.78. The van der Waals surface area contributed by atoms with E-state index < -0.39 is 0 Å². The molecule has 0 amide bonds. The van der Waals surface area contributed by atoms with Gasteiger partial charge in [-0.25, -0.2) is 4.98 Å². The molecule has 0 aliphatic carbocycles. The fourth-order valence-electron chi connectivity index (χ4n) is 6.45. The minimum Gasteiger partial charge on any atom is -0.278 e. The van der Waals surface area contributed by atoms with Gasteiger partial charge in [0.05, 0.1) is 11.0 Å². The molecule has 0 spiro atoms. The van der Waals surface area contributed by atoms with E-state index in [9.17, 15) is 0 Å². The van der Waals surface area contributed by atoms with Gasteiger partial charge in [0.25, 0.3) is 0 Å². The van der Waals surface area contributed by atoms with Gasteiger partial charge in [-0.15, -0.1) is 0 Å². The lowest BCUT2D eigenvalue weighted by Gasteiger charge is -2.11. The molecule has 0 unspecified atom stereocenters. The zero-order valence-electron chi connectivity index (χ0n) is 24.3. The van der Waals surface area contributed by atoms with Gasteiger partial charge in [-0.05, 0) is 56.9 Å². The SMILES string of the molecule is c1ccc(-c2nc(-c3ccccc3)nc(-n3c4ccccc4c4c5cc(-c6ccc7ccccc7c6)ccc5ccc43)n2)cc1. The molecule has 9 rings (SSSR count). The summed E-state index contributed by atoms with van der Waals surface area (Å²) < 4.78 is 2.19. The highest BCUT2D eigenvalue weighted by Gasteiger charge is 2.19. The summed E-state index contributed by atoms with van der Waals surface area (Å²) in [6.45, 7) is 0. The van der Waals surface area contributed by atoms with Crippen LogP contribution in [-0.4, -0.2) is 19.5 Å². The third-order valence-corrected chi connectivity index (χ3v) is 8.63. The molecule has 0 fully saturated rings. The van der Waals surface area contributed by atoms with E-state index in [1.165, 1.54) is 38.1 Å². The summed E-state index contributed by atoms with van der Waals surface area (Å²) in [5.41, 5.74) is 6.40. The van der Waals surface area contributed by atoms with Crippen LogP contribution in [0, 0.1) is 0 Å². The number of para-hydroxylation sites is 1. The van der Waals surface area contributed by atoms with Gasteiger partial charge in [0.2, 0.25) is 5.95 Å². The Labute approximate surface area is 259 Å². The Morgan fingerprint density at radius 1 is 0.356 bits per heavy atom. The third-order valence-electron chi connectivity index (χ3n) is 8.63. The minimum atomic E-state index is 0.596. The second-order valence-corrected chi connectivity index (χ2v) is 11.3. The van der Waals surface area contributed by atoms with Crippen LogP contribution in [0.4, 0.5) is 0 Å². The molecule has 2 heterocycles. The lowest BCUT2D eigenvalue weighted by Crippen LogP contribution is -2.06. The van der Waals surface area contributed by atoms with Crippen LogP contribution in [-0.2, 0) is 0 Å². The minimum absolute atomic E-state index is 0.596. The standard InChI is InChI=1S/C41H26N4/c1-3-12-29(13-4-1)39-42-40(30-14-5-2-6-15-30)44-41(43-39)45-36-18-10-9-17-34(36)38-35-26-33(22-20-28(35)23-24-37(38)45)32-21-19-27-11-7-8-16-31(27)25-32/h1-26H. The van der Waals surface area contributed by atoms with E-state index in [-0.39, 0.29) is 0 Å². The van der Waals surface area contributed by atoms with Crippen LogP contribution in [0.3, 0.4) is 0 Å². The number of hydrogen-bond donors (Lipinski definition) is 0. The molecule has 9 aromatic rings. The highest BCUT2D eigenvalue weighted by atomic mass is 15.2. The summed E-state index contributed by atoms with van der Waals surface area (Å²) in [4.78, 5) is 15.1. The number of aromatic nitrogens is 4.